The van der Waals surface area contributed by atoms with Crippen LogP contribution in [-0.4, -0.2) is 30.7 Å². The zero-order chi connectivity index (χ0) is 16.2. The lowest BCUT2D eigenvalue weighted by Gasteiger charge is -2.12. The number of benzene rings is 1. The summed E-state index contributed by atoms with van der Waals surface area (Å²) in [6, 6.07) is 6.04. The largest absolute Gasteiger partial charge is 0.493 e. The van der Waals surface area contributed by atoms with Gasteiger partial charge in [-0.2, -0.15) is 0 Å². The molecule has 5 heteroatoms. The van der Waals surface area contributed by atoms with Crippen LogP contribution < -0.4 is 14.8 Å². The first-order chi connectivity index (χ1) is 11.2. The van der Waals surface area contributed by atoms with Crippen molar-refractivity contribution in [1.82, 2.24) is 9.97 Å². The third-order valence-corrected chi connectivity index (χ3v) is 4.20. The van der Waals surface area contributed by atoms with Crippen LogP contribution in [-0.2, 0) is 19.3 Å². The summed E-state index contributed by atoms with van der Waals surface area (Å²) < 4.78 is 10.6. The number of nitrogens with zero attached hydrogens (tertiary/aromatic N) is 2. The molecule has 1 heterocycles. The Kier molecular flexibility index (Phi) is 4.65. The van der Waals surface area contributed by atoms with Crippen molar-refractivity contribution in [1.29, 1.82) is 0 Å². The second-order valence-electron chi connectivity index (χ2n) is 5.76. The molecule has 0 unspecified atom stereocenters. The topological polar surface area (TPSA) is 56.3 Å². The van der Waals surface area contributed by atoms with E-state index in [1.165, 1.54) is 23.2 Å². The highest BCUT2D eigenvalue weighted by Crippen LogP contribution is 2.28. The van der Waals surface area contributed by atoms with Crippen molar-refractivity contribution in [2.45, 2.75) is 32.6 Å². The normalized spacial score (nSPS) is 12.8. The lowest BCUT2D eigenvalue weighted by Crippen LogP contribution is -2.10. The smallest absolute Gasteiger partial charge is 0.160 e. The minimum Gasteiger partial charge on any atom is -0.493 e. The fraction of sp³-hybridized carbons (Fsp3) is 0.444. The molecule has 122 valence electrons. The molecule has 1 aliphatic carbocycles. The lowest BCUT2D eigenvalue weighted by molar-refractivity contribution is 0.354. The van der Waals surface area contributed by atoms with Gasteiger partial charge in [-0.05, 0) is 50.3 Å². The van der Waals surface area contributed by atoms with Crippen LogP contribution in [0.1, 0.15) is 29.1 Å². The Bertz CT molecular complexity index is 701. The summed E-state index contributed by atoms with van der Waals surface area (Å²) in [6.45, 7) is 2.79. The van der Waals surface area contributed by atoms with Crippen molar-refractivity contribution in [2.75, 3.05) is 26.1 Å². The van der Waals surface area contributed by atoms with Crippen LogP contribution in [0.5, 0.6) is 11.5 Å². The Morgan fingerprint density at radius 1 is 1.09 bits per heavy atom. The highest BCUT2D eigenvalue weighted by atomic mass is 16.5. The third-order valence-electron chi connectivity index (χ3n) is 4.20. The van der Waals surface area contributed by atoms with E-state index in [-0.39, 0.29) is 0 Å². The van der Waals surface area contributed by atoms with Gasteiger partial charge < -0.3 is 14.8 Å². The van der Waals surface area contributed by atoms with Gasteiger partial charge in [0.15, 0.2) is 11.5 Å². The van der Waals surface area contributed by atoms with Crippen LogP contribution in [0, 0.1) is 6.92 Å². The summed E-state index contributed by atoms with van der Waals surface area (Å²) in [7, 11) is 3.31. The Morgan fingerprint density at radius 2 is 1.91 bits per heavy atom. The molecule has 0 saturated heterocycles. The maximum Gasteiger partial charge on any atom is 0.160 e. The first-order valence-corrected chi connectivity index (χ1v) is 8.02. The number of methoxy groups -OCH3 is 2. The van der Waals surface area contributed by atoms with Crippen LogP contribution in [0.25, 0.3) is 0 Å². The minimum atomic E-state index is 0.758. The van der Waals surface area contributed by atoms with Crippen LogP contribution in [0.15, 0.2) is 18.2 Å². The number of anilines is 1. The van der Waals surface area contributed by atoms with E-state index in [2.05, 4.69) is 21.4 Å². The number of aromatic nitrogens is 2. The average molecular weight is 313 g/mol. The molecule has 1 aliphatic rings. The molecule has 0 fully saturated rings. The molecule has 3 rings (SSSR count). The standard InChI is InChI=1S/C18H23N3O2/c1-12-20-15-6-4-5-14(15)18(21-12)19-10-9-13-7-8-16(22-2)17(11-13)23-3/h7-8,11H,4-6,9-10H2,1-3H3,(H,19,20,21). The maximum absolute atomic E-state index is 5.35. The first kappa shape index (κ1) is 15.6. The molecule has 23 heavy (non-hydrogen) atoms. The quantitative estimate of drug-likeness (QED) is 0.888. The molecular weight excluding hydrogens is 290 g/mol. The molecule has 0 atom stereocenters. The summed E-state index contributed by atoms with van der Waals surface area (Å²) in [5, 5.41) is 3.48. The number of hydrogen-bond donors (Lipinski definition) is 1. The predicted molar refractivity (Wildman–Crippen MR) is 90.5 cm³/mol. The summed E-state index contributed by atoms with van der Waals surface area (Å²) in [4.78, 5) is 9.11. The van der Waals surface area contributed by atoms with Crippen molar-refractivity contribution < 1.29 is 9.47 Å². The number of ether oxygens (including phenoxy) is 2. The fourth-order valence-electron chi connectivity index (χ4n) is 3.06. The van der Waals surface area contributed by atoms with Gasteiger partial charge in [-0.3, -0.25) is 0 Å². The van der Waals surface area contributed by atoms with E-state index in [0.29, 0.717) is 0 Å². The van der Waals surface area contributed by atoms with E-state index in [0.717, 1.165) is 48.9 Å². The van der Waals surface area contributed by atoms with Gasteiger partial charge in [0, 0.05) is 17.8 Å². The molecule has 5 nitrogen and oxygen atoms in total. The van der Waals surface area contributed by atoms with E-state index in [4.69, 9.17) is 9.47 Å². The summed E-state index contributed by atoms with van der Waals surface area (Å²) in [5.74, 6) is 3.38. The third kappa shape index (κ3) is 3.38. The summed E-state index contributed by atoms with van der Waals surface area (Å²) >= 11 is 0. The number of fused-ring (bicyclic) bond motifs is 1. The van der Waals surface area contributed by atoms with E-state index >= 15 is 0 Å². The van der Waals surface area contributed by atoms with Gasteiger partial charge in [0.1, 0.15) is 11.6 Å². The SMILES string of the molecule is COc1ccc(CCNc2nc(C)nc3c2CCC3)cc1OC. The van der Waals surface area contributed by atoms with Crippen molar-refractivity contribution in [3.05, 3.63) is 40.8 Å². The van der Waals surface area contributed by atoms with Crippen molar-refractivity contribution in [3.8, 4) is 11.5 Å². The number of nitrogens with one attached hydrogen (secondary N) is 1. The molecule has 0 saturated carbocycles. The Morgan fingerprint density at radius 3 is 2.70 bits per heavy atom. The van der Waals surface area contributed by atoms with Gasteiger partial charge in [0.2, 0.25) is 0 Å². The van der Waals surface area contributed by atoms with E-state index in [1.54, 1.807) is 14.2 Å². The average Bonchev–Trinajstić information content (AvgIpc) is 3.02. The molecule has 0 bridgehead atoms. The summed E-state index contributed by atoms with van der Waals surface area (Å²) in [6.07, 6.45) is 4.23. The summed E-state index contributed by atoms with van der Waals surface area (Å²) in [5.41, 5.74) is 3.71. The molecule has 0 amide bonds. The van der Waals surface area contributed by atoms with Gasteiger partial charge in [0.05, 0.1) is 14.2 Å². The molecule has 0 aliphatic heterocycles. The van der Waals surface area contributed by atoms with Gasteiger partial charge in [0.25, 0.3) is 0 Å². The molecule has 1 N–H and O–H groups in total. The fourth-order valence-corrected chi connectivity index (χ4v) is 3.06. The van der Waals surface area contributed by atoms with Gasteiger partial charge in [-0.1, -0.05) is 6.07 Å². The number of hydrogen-bond acceptors (Lipinski definition) is 5. The second-order valence-corrected chi connectivity index (χ2v) is 5.76. The highest BCUT2D eigenvalue weighted by molar-refractivity contribution is 5.49. The van der Waals surface area contributed by atoms with Crippen LogP contribution in [0.3, 0.4) is 0 Å². The molecular formula is C18H23N3O2. The molecule has 1 aromatic heterocycles. The zero-order valence-electron chi connectivity index (χ0n) is 14.0. The van der Waals surface area contributed by atoms with E-state index in [1.807, 2.05) is 19.1 Å². The van der Waals surface area contributed by atoms with Crippen molar-refractivity contribution >= 4 is 5.82 Å². The highest BCUT2D eigenvalue weighted by Gasteiger charge is 2.18. The number of aryl methyl sites for hydroxylation is 2. The zero-order valence-corrected chi connectivity index (χ0v) is 14.0. The van der Waals surface area contributed by atoms with Crippen LogP contribution >= 0.6 is 0 Å². The maximum atomic E-state index is 5.35. The van der Waals surface area contributed by atoms with Crippen LogP contribution in [0.2, 0.25) is 0 Å². The monoisotopic (exact) mass is 313 g/mol. The molecule has 0 spiro atoms. The van der Waals surface area contributed by atoms with Gasteiger partial charge >= 0.3 is 0 Å². The van der Waals surface area contributed by atoms with E-state index in [9.17, 15) is 0 Å². The molecule has 2 aromatic rings. The first-order valence-electron chi connectivity index (χ1n) is 8.02. The predicted octanol–water partition coefficient (Wildman–Crippen LogP) is 2.95. The Hall–Kier alpha value is -2.30. The second kappa shape index (κ2) is 6.86. The number of rotatable bonds is 6. The van der Waals surface area contributed by atoms with Crippen molar-refractivity contribution in [2.24, 2.45) is 0 Å². The lowest BCUT2D eigenvalue weighted by atomic mass is 10.1. The van der Waals surface area contributed by atoms with E-state index < -0.39 is 0 Å². The van der Waals surface area contributed by atoms with Crippen molar-refractivity contribution in [3.63, 3.8) is 0 Å². The van der Waals surface area contributed by atoms with Gasteiger partial charge in [-0.15, -0.1) is 0 Å². The van der Waals surface area contributed by atoms with Crippen LogP contribution in [0.4, 0.5) is 5.82 Å². The Balaban J connectivity index is 1.66. The van der Waals surface area contributed by atoms with Gasteiger partial charge in [-0.25, -0.2) is 9.97 Å². The molecule has 1 aromatic carbocycles. The Labute approximate surface area is 137 Å². The minimum absolute atomic E-state index is 0.758. The molecule has 0 radical (unpaired) electrons.